The maximum atomic E-state index is 10.6. The molecule has 2 fully saturated rings. The lowest BCUT2D eigenvalue weighted by molar-refractivity contribution is -0.113. The summed E-state index contributed by atoms with van der Waals surface area (Å²) in [7, 11) is 0. The quantitative estimate of drug-likeness (QED) is 0.358. The van der Waals surface area contributed by atoms with Crippen LogP contribution in [0.25, 0.3) is 0 Å². The molecule has 0 aromatic heterocycles. The number of hydrogen-bond acceptors (Lipinski definition) is 6. The van der Waals surface area contributed by atoms with Crippen molar-refractivity contribution in [2.24, 2.45) is 23.7 Å². The average Bonchev–Trinajstić information content (AvgIpc) is 2.64. The van der Waals surface area contributed by atoms with Crippen molar-refractivity contribution < 1.29 is 29.9 Å². The maximum absolute atomic E-state index is 10.6. The van der Waals surface area contributed by atoms with E-state index in [2.05, 4.69) is 0 Å². The lowest BCUT2D eigenvalue weighted by Gasteiger charge is -2.44. The van der Waals surface area contributed by atoms with Gasteiger partial charge in [0.15, 0.2) is 0 Å². The molecule has 0 heterocycles. The van der Waals surface area contributed by atoms with Gasteiger partial charge >= 0.3 is 0 Å². The largest absolute Gasteiger partial charge is 0.390 e. The number of rotatable bonds is 10. The zero-order valence-corrected chi connectivity index (χ0v) is 22.4. The molecule has 0 saturated heterocycles. The first kappa shape index (κ1) is 29.0. The molecular formula is C27H52O6. The summed E-state index contributed by atoms with van der Waals surface area (Å²) >= 11 is 0. The SMILES string of the molecule is CC(C)(O)C1CC(OCCCOC2CC(C(C)(C)O)CC(C(C)(C)O)C2)CC(C(C)(C)O)C1. The van der Waals surface area contributed by atoms with Gasteiger partial charge in [0.25, 0.3) is 0 Å². The van der Waals surface area contributed by atoms with E-state index in [1.807, 2.05) is 55.4 Å². The van der Waals surface area contributed by atoms with Crippen LogP contribution in [0.5, 0.6) is 0 Å². The minimum atomic E-state index is -0.788. The van der Waals surface area contributed by atoms with Crippen LogP contribution in [-0.4, -0.2) is 68.3 Å². The minimum Gasteiger partial charge on any atom is -0.390 e. The summed E-state index contributed by atoms with van der Waals surface area (Å²) in [6, 6.07) is 0. The van der Waals surface area contributed by atoms with Gasteiger partial charge in [-0.05, 0) is 124 Å². The fourth-order valence-electron chi connectivity index (χ4n) is 5.67. The van der Waals surface area contributed by atoms with Crippen molar-refractivity contribution in [2.45, 2.75) is 135 Å². The van der Waals surface area contributed by atoms with Crippen molar-refractivity contribution in [3.05, 3.63) is 0 Å². The minimum absolute atomic E-state index is 0.0282. The van der Waals surface area contributed by atoms with Gasteiger partial charge < -0.3 is 29.9 Å². The molecule has 4 N–H and O–H groups in total. The summed E-state index contributed by atoms with van der Waals surface area (Å²) in [5, 5.41) is 42.2. The van der Waals surface area contributed by atoms with Crippen molar-refractivity contribution in [3.8, 4) is 0 Å². The molecule has 0 aromatic rings. The Hall–Kier alpha value is -0.240. The Labute approximate surface area is 202 Å². The first-order valence-electron chi connectivity index (χ1n) is 13.0. The van der Waals surface area contributed by atoms with E-state index in [0.29, 0.717) is 13.2 Å². The normalized spacial score (nSPS) is 32.7. The smallest absolute Gasteiger partial charge is 0.0620 e. The van der Waals surface area contributed by atoms with Gasteiger partial charge in [-0.2, -0.15) is 0 Å². The predicted molar refractivity (Wildman–Crippen MR) is 131 cm³/mol. The summed E-state index contributed by atoms with van der Waals surface area (Å²) in [6.07, 6.45) is 5.67. The zero-order valence-electron chi connectivity index (χ0n) is 22.4. The molecule has 0 aromatic carbocycles. The van der Waals surface area contributed by atoms with Gasteiger partial charge in [-0.1, -0.05) is 0 Å². The van der Waals surface area contributed by atoms with Crippen molar-refractivity contribution in [2.75, 3.05) is 13.2 Å². The van der Waals surface area contributed by atoms with Crippen LogP contribution in [-0.2, 0) is 9.47 Å². The van der Waals surface area contributed by atoms with E-state index >= 15 is 0 Å². The summed E-state index contributed by atoms with van der Waals surface area (Å²) < 4.78 is 12.4. The summed E-state index contributed by atoms with van der Waals surface area (Å²) in [5.41, 5.74) is -3.15. The highest BCUT2D eigenvalue weighted by Gasteiger charge is 2.43. The van der Waals surface area contributed by atoms with E-state index in [-0.39, 0.29) is 35.9 Å². The Kier molecular flexibility index (Phi) is 9.48. The highest BCUT2D eigenvalue weighted by atomic mass is 16.5. The molecule has 0 radical (unpaired) electrons. The van der Waals surface area contributed by atoms with Crippen LogP contribution >= 0.6 is 0 Å². The molecule has 0 bridgehead atoms. The third-order valence-corrected chi connectivity index (χ3v) is 8.32. The fourth-order valence-corrected chi connectivity index (χ4v) is 5.67. The van der Waals surface area contributed by atoms with Crippen LogP contribution in [0.1, 0.15) is 100 Å². The van der Waals surface area contributed by atoms with Gasteiger partial charge in [0, 0.05) is 13.2 Å². The molecule has 4 unspecified atom stereocenters. The molecular weight excluding hydrogens is 420 g/mol. The van der Waals surface area contributed by atoms with E-state index in [9.17, 15) is 20.4 Å². The lowest BCUT2D eigenvalue weighted by atomic mass is 9.68. The van der Waals surface area contributed by atoms with Crippen molar-refractivity contribution in [1.82, 2.24) is 0 Å². The van der Waals surface area contributed by atoms with Crippen LogP contribution in [0.3, 0.4) is 0 Å². The van der Waals surface area contributed by atoms with E-state index in [0.717, 1.165) is 44.9 Å². The van der Waals surface area contributed by atoms with E-state index in [4.69, 9.17) is 9.47 Å². The lowest BCUT2D eigenvalue weighted by Crippen LogP contribution is -2.46. The Balaban J connectivity index is 1.83. The van der Waals surface area contributed by atoms with Crippen LogP contribution in [0.4, 0.5) is 0 Å². The monoisotopic (exact) mass is 472 g/mol. The van der Waals surface area contributed by atoms with Crippen LogP contribution < -0.4 is 0 Å². The van der Waals surface area contributed by atoms with Crippen molar-refractivity contribution in [3.63, 3.8) is 0 Å². The highest BCUT2D eigenvalue weighted by Crippen LogP contribution is 2.42. The fraction of sp³-hybridized carbons (Fsp3) is 1.00. The molecule has 0 aliphatic heterocycles. The Morgan fingerprint density at radius 3 is 0.939 bits per heavy atom. The first-order valence-corrected chi connectivity index (χ1v) is 13.0. The van der Waals surface area contributed by atoms with E-state index in [1.54, 1.807) is 0 Å². The maximum Gasteiger partial charge on any atom is 0.0620 e. The molecule has 2 aliphatic rings. The molecule has 2 saturated carbocycles. The van der Waals surface area contributed by atoms with Gasteiger partial charge in [-0.25, -0.2) is 0 Å². The Morgan fingerprint density at radius 1 is 0.485 bits per heavy atom. The molecule has 6 nitrogen and oxygen atoms in total. The number of aliphatic hydroxyl groups is 4. The molecule has 0 spiro atoms. The zero-order chi connectivity index (χ0) is 25.2. The van der Waals surface area contributed by atoms with Gasteiger partial charge in [0.2, 0.25) is 0 Å². The third-order valence-electron chi connectivity index (χ3n) is 8.32. The van der Waals surface area contributed by atoms with Gasteiger partial charge in [-0.15, -0.1) is 0 Å². The molecule has 33 heavy (non-hydrogen) atoms. The average molecular weight is 473 g/mol. The molecule has 196 valence electrons. The Morgan fingerprint density at radius 2 is 0.727 bits per heavy atom. The molecule has 4 atom stereocenters. The van der Waals surface area contributed by atoms with E-state index < -0.39 is 22.4 Å². The molecule has 2 aliphatic carbocycles. The first-order chi connectivity index (χ1) is 14.9. The number of ether oxygens (including phenoxy) is 2. The van der Waals surface area contributed by atoms with Gasteiger partial charge in [-0.3, -0.25) is 0 Å². The predicted octanol–water partition coefficient (Wildman–Crippen LogP) is 4.06. The van der Waals surface area contributed by atoms with Crippen molar-refractivity contribution >= 4 is 0 Å². The van der Waals surface area contributed by atoms with Crippen LogP contribution in [0, 0.1) is 23.7 Å². The van der Waals surface area contributed by atoms with Crippen molar-refractivity contribution in [1.29, 1.82) is 0 Å². The molecule has 6 heteroatoms. The summed E-state index contributed by atoms with van der Waals surface area (Å²) in [5.74, 6) is 0.403. The highest BCUT2D eigenvalue weighted by molar-refractivity contribution is 4.94. The second kappa shape index (κ2) is 10.8. The van der Waals surface area contributed by atoms with Crippen LogP contribution in [0.2, 0.25) is 0 Å². The topological polar surface area (TPSA) is 99.4 Å². The third kappa shape index (κ3) is 9.05. The van der Waals surface area contributed by atoms with Gasteiger partial charge in [0.1, 0.15) is 0 Å². The molecule has 2 rings (SSSR count). The summed E-state index contributed by atoms with van der Waals surface area (Å²) in [6.45, 7) is 16.0. The van der Waals surface area contributed by atoms with E-state index in [1.165, 1.54) is 0 Å². The van der Waals surface area contributed by atoms with Gasteiger partial charge in [0.05, 0.1) is 34.6 Å². The standard InChI is InChI=1S/C27H52O6/c1-24(2,28)18-12-19(25(3,4)29)15-22(14-18)32-10-9-11-33-23-16-20(26(5,6)30)13-21(17-23)27(7,8)31/h18-23,28-31H,9-17H2,1-8H3. The molecule has 0 amide bonds. The number of hydrogen-bond donors (Lipinski definition) is 4. The Bertz CT molecular complexity index is 496. The second-order valence-corrected chi connectivity index (χ2v) is 13.2. The second-order valence-electron chi connectivity index (χ2n) is 13.2. The van der Waals surface area contributed by atoms with Crippen LogP contribution in [0.15, 0.2) is 0 Å². The summed E-state index contributed by atoms with van der Waals surface area (Å²) in [4.78, 5) is 0.